The lowest BCUT2D eigenvalue weighted by Gasteiger charge is -2.05. The molecule has 0 spiro atoms. The molecular weight excluding hydrogens is 260 g/mol. The maximum Gasteiger partial charge on any atom is 0.296 e. The van der Waals surface area contributed by atoms with Crippen LogP contribution in [0.15, 0.2) is 59.5 Å². The molecule has 0 N–H and O–H groups in total. The predicted octanol–water partition coefficient (Wildman–Crippen LogP) is 3.33. The molecule has 0 aromatic heterocycles. The molecule has 0 aliphatic rings. The molecule has 0 heterocycles. The van der Waals surface area contributed by atoms with Crippen molar-refractivity contribution in [2.24, 2.45) is 0 Å². The Morgan fingerprint density at radius 2 is 1.37 bits per heavy atom. The molecule has 0 aliphatic carbocycles. The summed E-state index contributed by atoms with van der Waals surface area (Å²) in [5, 5.41) is 4.12. The quantitative estimate of drug-likeness (QED) is 0.531. The zero-order valence-corrected chi connectivity index (χ0v) is 11.1. The van der Waals surface area contributed by atoms with Gasteiger partial charge in [-0.25, -0.2) is 0 Å². The second-order valence-corrected chi connectivity index (χ2v) is 6.04. The van der Waals surface area contributed by atoms with E-state index in [1.807, 2.05) is 36.4 Å². The molecular formula is C15H12O3S. The van der Waals surface area contributed by atoms with Gasteiger partial charge in [0, 0.05) is 0 Å². The van der Waals surface area contributed by atoms with Gasteiger partial charge in [-0.05, 0) is 45.8 Å². The molecule has 3 aromatic rings. The predicted molar refractivity (Wildman–Crippen MR) is 75.6 cm³/mol. The van der Waals surface area contributed by atoms with Crippen molar-refractivity contribution in [3.8, 4) is 0 Å². The Kier molecular flexibility index (Phi) is 2.77. The Hall–Kier alpha value is -1.91. The molecule has 0 amide bonds. The molecule has 0 saturated carbocycles. The van der Waals surface area contributed by atoms with Gasteiger partial charge in [-0.15, -0.1) is 0 Å². The molecule has 96 valence electrons. The van der Waals surface area contributed by atoms with E-state index in [1.54, 1.807) is 18.2 Å². The van der Waals surface area contributed by atoms with Crippen LogP contribution in [0.4, 0.5) is 0 Å². The average molecular weight is 272 g/mol. The summed E-state index contributed by atoms with van der Waals surface area (Å²) in [6.45, 7) is 0. The standard InChI is InChI=1S/C15H12O3S/c1-18-19(16,17)15-7-6-13-8-11-4-2-3-5-12(11)9-14(13)10-15/h2-10H,1H3. The Bertz CT molecular complexity index is 867. The summed E-state index contributed by atoms with van der Waals surface area (Å²) in [6.07, 6.45) is 0. The summed E-state index contributed by atoms with van der Waals surface area (Å²) in [5.74, 6) is 0. The van der Waals surface area contributed by atoms with Crippen molar-refractivity contribution in [2.75, 3.05) is 7.11 Å². The molecule has 0 bridgehead atoms. The molecule has 3 aromatic carbocycles. The zero-order valence-electron chi connectivity index (χ0n) is 10.3. The van der Waals surface area contributed by atoms with E-state index in [0.29, 0.717) is 0 Å². The van der Waals surface area contributed by atoms with Crippen molar-refractivity contribution < 1.29 is 12.6 Å². The van der Waals surface area contributed by atoms with Gasteiger partial charge in [0.25, 0.3) is 10.1 Å². The molecule has 0 atom stereocenters. The third-order valence-corrected chi connectivity index (χ3v) is 4.45. The van der Waals surface area contributed by atoms with Gasteiger partial charge in [0.1, 0.15) is 0 Å². The van der Waals surface area contributed by atoms with Gasteiger partial charge < -0.3 is 0 Å². The Morgan fingerprint density at radius 1 is 0.789 bits per heavy atom. The highest BCUT2D eigenvalue weighted by Crippen LogP contribution is 2.25. The first kappa shape index (κ1) is 12.1. The lowest BCUT2D eigenvalue weighted by atomic mass is 10.0. The van der Waals surface area contributed by atoms with Crippen LogP contribution < -0.4 is 0 Å². The normalized spacial score (nSPS) is 12.1. The number of fused-ring (bicyclic) bond motifs is 2. The molecule has 19 heavy (non-hydrogen) atoms. The van der Waals surface area contributed by atoms with Gasteiger partial charge in [-0.3, -0.25) is 4.18 Å². The van der Waals surface area contributed by atoms with Crippen molar-refractivity contribution in [3.63, 3.8) is 0 Å². The van der Waals surface area contributed by atoms with E-state index in [4.69, 9.17) is 0 Å². The van der Waals surface area contributed by atoms with Gasteiger partial charge in [-0.2, -0.15) is 8.42 Å². The highest BCUT2D eigenvalue weighted by Gasteiger charge is 2.13. The van der Waals surface area contributed by atoms with Crippen molar-refractivity contribution in [3.05, 3.63) is 54.6 Å². The van der Waals surface area contributed by atoms with Crippen LogP contribution in [-0.4, -0.2) is 15.5 Å². The van der Waals surface area contributed by atoms with Crippen LogP contribution in [0.5, 0.6) is 0 Å². The van der Waals surface area contributed by atoms with E-state index in [2.05, 4.69) is 4.18 Å². The van der Waals surface area contributed by atoms with Crippen LogP contribution in [0.1, 0.15) is 0 Å². The van der Waals surface area contributed by atoms with Crippen molar-refractivity contribution in [2.45, 2.75) is 4.90 Å². The van der Waals surface area contributed by atoms with Crippen molar-refractivity contribution >= 4 is 31.7 Å². The molecule has 4 heteroatoms. The third kappa shape index (κ3) is 2.09. The monoisotopic (exact) mass is 272 g/mol. The van der Waals surface area contributed by atoms with E-state index in [1.165, 1.54) is 7.11 Å². The summed E-state index contributed by atoms with van der Waals surface area (Å²) in [5.41, 5.74) is 0. The number of benzene rings is 3. The summed E-state index contributed by atoms with van der Waals surface area (Å²) < 4.78 is 27.9. The number of hydrogen-bond donors (Lipinski definition) is 0. The Morgan fingerprint density at radius 3 is 2.00 bits per heavy atom. The molecule has 0 aliphatic heterocycles. The highest BCUT2D eigenvalue weighted by atomic mass is 32.2. The molecule has 0 radical (unpaired) electrons. The summed E-state index contributed by atoms with van der Waals surface area (Å²) in [4.78, 5) is 0.179. The number of rotatable bonds is 2. The van der Waals surface area contributed by atoms with Gasteiger partial charge in [0.05, 0.1) is 12.0 Å². The smallest absolute Gasteiger partial charge is 0.270 e. The van der Waals surface area contributed by atoms with Crippen molar-refractivity contribution in [1.29, 1.82) is 0 Å². The van der Waals surface area contributed by atoms with E-state index < -0.39 is 10.1 Å². The fraction of sp³-hybridized carbons (Fsp3) is 0.0667. The molecule has 0 unspecified atom stereocenters. The second-order valence-electron chi connectivity index (χ2n) is 4.33. The van der Waals surface area contributed by atoms with Crippen LogP contribution in [0.2, 0.25) is 0 Å². The summed E-state index contributed by atoms with van der Waals surface area (Å²) in [7, 11) is -2.48. The molecule has 3 rings (SSSR count). The third-order valence-electron chi connectivity index (χ3n) is 3.18. The fourth-order valence-corrected chi connectivity index (χ4v) is 2.87. The van der Waals surface area contributed by atoms with E-state index in [9.17, 15) is 8.42 Å². The minimum absolute atomic E-state index is 0.179. The van der Waals surface area contributed by atoms with Crippen LogP contribution in [0, 0.1) is 0 Å². The minimum atomic E-state index is -3.64. The van der Waals surface area contributed by atoms with Crippen LogP contribution in [0.25, 0.3) is 21.5 Å². The van der Waals surface area contributed by atoms with Gasteiger partial charge in [-0.1, -0.05) is 30.3 Å². The van der Waals surface area contributed by atoms with Gasteiger partial charge >= 0.3 is 0 Å². The SMILES string of the molecule is COS(=O)(=O)c1ccc2cc3ccccc3cc2c1. The lowest BCUT2D eigenvalue weighted by Crippen LogP contribution is -2.02. The first-order valence-electron chi connectivity index (χ1n) is 5.83. The first-order chi connectivity index (χ1) is 9.10. The summed E-state index contributed by atoms with van der Waals surface area (Å²) in [6, 6.07) is 17.0. The van der Waals surface area contributed by atoms with Crippen molar-refractivity contribution in [1.82, 2.24) is 0 Å². The molecule has 0 fully saturated rings. The van der Waals surface area contributed by atoms with Crippen LogP contribution in [0.3, 0.4) is 0 Å². The maximum atomic E-state index is 11.7. The van der Waals surface area contributed by atoms with Gasteiger partial charge in [0.15, 0.2) is 0 Å². The number of hydrogen-bond acceptors (Lipinski definition) is 3. The molecule has 0 saturated heterocycles. The Labute approximate surface area is 111 Å². The van der Waals surface area contributed by atoms with Crippen LogP contribution >= 0.6 is 0 Å². The maximum absolute atomic E-state index is 11.7. The minimum Gasteiger partial charge on any atom is -0.270 e. The topological polar surface area (TPSA) is 43.4 Å². The highest BCUT2D eigenvalue weighted by molar-refractivity contribution is 7.86. The largest absolute Gasteiger partial charge is 0.296 e. The first-order valence-corrected chi connectivity index (χ1v) is 7.24. The van der Waals surface area contributed by atoms with Gasteiger partial charge in [0.2, 0.25) is 0 Å². The fourth-order valence-electron chi connectivity index (χ4n) is 2.17. The molecule has 3 nitrogen and oxygen atoms in total. The van der Waals surface area contributed by atoms with E-state index >= 15 is 0 Å². The second kappa shape index (κ2) is 4.33. The zero-order chi connectivity index (χ0) is 13.5. The van der Waals surface area contributed by atoms with E-state index in [-0.39, 0.29) is 4.90 Å². The Balaban J connectivity index is 2.31. The van der Waals surface area contributed by atoms with Crippen LogP contribution in [-0.2, 0) is 14.3 Å². The average Bonchev–Trinajstić information content (AvgIpc) is 2.44. The lowest BCUT2D eigenvalue weighted by molar-refractivity contribution is 0.398. The summed E-state index contributed by atoms with van der Waals surface area (Å²) >= 11 is 0. The van der Waals surface area contributed by atoms with E-state index in [0.717, 1.165) is 21.5 Å².